The molecule has 0 heterocycles. The molecule has 6 heteroatoms. The molecule has 0 bridgehead atoms. The lowest BCUT2D eigenvalue weighted by Crippen LogP contribution is -2.27. The van der Waals surface area contributed by atoms with Crippen molar-refractivity contribution >= 4 is 19.7 Å². The zero-order valence-corrected chi connectivity index (χ0v) is 20.2. The second-order valence-corrected chi connectivity index (χ2v) is 13.3. The standard InChI is InChI=1S/C25H34O4S2/c1-20-10-14-24(15-11-20)30(26,27)22-8-6-4-3-5-7-9-23(19-18-22)31(28,29)25-16-12-21(2)13-17-25/h10-17,22-23H,3-9,18-19H2,1-2H3/t22-,23-/m1/s1. The molecule has 0 radical (unpaired) electrons. The number of aryl methyl sites for hydroxylation is 2. The number of sulfone groups is 2. The summed E-state index contributed by atoms with van der Waals surface area (Å²) in [5.74, 6) is 0. The summed E-state index contributed by atoms with van der Waals surface area (Å²) in [5.41, 5.74) is 2.04. The van der Waals surface area contributed by atoms with Gasteiger partial charge in [0.05, 0.1) is 20.3 Å². The Hall–Kier alpha value is -1.66. The van der Waals surface area contributed by atoms with E-state index in [2.05, 4.69) is 0 Å². The lowest BCUT2D eigenvalue weighted by molar-refractivity contribution is 0.521. The predicted molar refractivity (Wildman–Crippen MR) is 126 cm³/mol. The van der Waals surface area contributed by atoms with Gasteiger partial charge in [0.25, 0.3) is 0 Å². The molecule has 0 amide bonds. The van der Waals surface area contributed by atoms with Gasteiger partial charge in [-0.05, 0) is 63.8 Å². The van der Waals surface area contributed by atoms with Gasteiger partial charge < -0.3 is 0 Å². The van der Waals surface area contributed by atoms with Crippen LogP contribution in [0, 0.1) is 13.8 Å². The van der Waals surface area contributed by atoms with Gasteiger partial charge in [-0.1, -0.05) is 67.5 Å². The number of hydrogen-bond acceptors (Lipinski definition) is 4. The number of hydrogen-bond donors (Lipinski definition) is 0. The highest BCUT2D eigenvalue weighted by atomic mass is 32.2. The average molecular weight is 463 g/mol. The second-order valence-electron chi connectivity index (χ2n) is 8.88. The van der Waals surface area contributed by atoms with E-state index in [0.717, 1.165) is 43.2 Å². The molecular weight excluding hydrogens is 428 g/mol. The van der Waals surface area contributed by atoms with E-state index in [4.69, 9.17) is 0 Å². The number of benzene rings is 2. The van der Waals surface area contributed by atoms with Crippen LogP contribution in [0.2, 0.25) is 0 Å². The van der Waals surface area contributed by atoms with Gasteiger partial charge >= 0.3 is 0 Å². The van der Waals surface area contributed by atoms with Gasteiger partial charge in [0, 0.05) is 0 Å². The van der Waals surface area contributed by atoms with E-state index in [0.29, 0.717) is 35.5 Å². The average Bonchev–Trinajstić information content (AvgIpc) is 2.79. The molecule has 0 spiro atoms. The van der Waals surface area contributed by atoms with Gasteiger partial charge in [-0.3, -0.25) is 0 Å². The molecule has 2 atom stereocenters. The van der Waals surface area contributed by atoms with Gasteiger partial charge in [-0.15, -0.1) is 0 Å². The molecule has 170 valence electrons. The van der Waals surface area contributed by atoms with Crippen molar-refractivity contribution in [3.05, 3.63) is 59.7 Å². The fourth-order valence-electron chi connectivity index (χ4n) is 4.40. The maximum atomic E-state index is 13.4. The molecule has 1 aliphatic rings. The molecule has 0 unspecified atom stereocenters. The summed E-state index contributed by atoms with van der Waals surface area (Å²) in [7, 11) is -6.98. The summed E-state index contributed by atoms with van der Waals surface area (Å²) < 4.78 is 53.4. The highest BCUT2D eigenvalue weighted by molar-refractivity contribution is 7.92. The molecule has 0 N–H and O–H groups in total. The Balaban J connectivity index is 1.87. The van der Waals surface area contributed by atoms with Crippen molar-refractivity contribution in [3.8, 4) is 0 Å². The van der Waals surface area contributed by atoms with E-state index in [1.807, 2.05) is 38.1 Å². The van der Waals surface area contributed by atoms with Crippen molar-refractivity contribution < 1.29 is 16.8 Å². The largest absolute Gasteiger partial charge is 0.223 e. The van der Waals surface area contributed by atoms with Crippen molar-refractivity contribution in [2.75, 3.05) is 0 Å². The molecular formula is C25H34O4S2. The van der Waals surface area contributed by atoms with Crippen molar-refractivity contribution in [2.45, 2.75) is 91.9 Å². The second kappa shape index (κ2) is 10.3. The van der Waals surface area contributed by atoms with E-state index >= 15 is 0 Å². The maximum absolute atomic E-state index is 13.4. The first-order valence-electron chi connectivity index (χ1n) is 11.3. The Morgan fingerprint density at radius 3 is 1.19 bits per heavy atom. The van der Waals surface area contributed by atoms with Gasteiger partial charge in [0.1, 0.15) is 0 Å². The van der Waals surface area contributed by atoms with Crippen LogP contribution in [0.25, 0.3) is 0 Å². The first-order chi connectivity index (χ1) is 14.7. The molecule has 2 aromatic carbocycles. The molecule has 1 aliphatic carbocycles. The van der Waals surface area contributed by atoms with E-state index < -0.39 is 30.2 Å². The zero-order valence-electron chi connectivity index (χ0n) is 18.6. The van der Waals surface area contributed by atoms with Crippen molar-refractivity contribution in [2.24, 2.45) is 0 Å². The SMILES string of the molecule is Cc1ccc(S(=O)(=O)[C@@H]2CCCCCCC[C@@H](S(=O)(=O)c3ccc(C)cc3)CC2)cc1. The van der Waals surface area contributed by atoms with Crippen LogP contribution in [-0.4, -0.2) is 27.3 Å². The topological polar surface area (TPSA) is 68.3 Å². The molecule has 31 heavy (non-hydrogen) atoms. The van der Waals surface area contributed by atoms with Gasteiger partial charge in [0.2, 0.25) is 0 Å². The van der Waals surface area contributed by atoms with Gasteiger partial charge in [0.15, 0.2) is 19.7 Å². The van der Waals surface area contributed by atoms with Gasteiger partial charge in [-0.25, -0.2) is 16.8 Å². The third kappa shape index (κ3) is 5.98. The summed E-state index contributed by atoms with van der Waals surface area (Å²) in [6, 6.07) is 14.0. The normalized spacial score (nSPS) is 21.9. The van der Waals surface area contributed by atoms with Crippen molar-refractivity contribution in [3.63, 3.8) is 0 Å². The van der Waals surface area contributed by atoms with Crippen LogP contribution in [0.4, 0.5) is 0 Å². The Morgan fingerprint density at radius 1 is 0.516 bits per heavy atom. The highest BCUT2D eigenvalue weighted by Gasteiger charge is 2.32. The monoisotopic (exact) mass is 462 g/mol. The maximum Gasteiger partial charge on any atom is 0.181 e. The lowest BCUT2D eigenvalue weighted by Gasteiger charge is -2.22. The Labute approximate surface area is 187 Å². The van der Waals surface area contributed by atoms with Crippen molar-refractivity contribution in [1.82, 2.24) is 0 Å². The molecule has 0 saturated heterocycles. The Kier molecular flexibility index (Phi) is 7.98. The van der Waals surface area contributed by atoms with Crippen molar-refractivity contribution in [1.29, 1.82) is 0 Å². The highest BCUT2D eigenvalue weighted by Crippen LogP contribution is 2.31. The summed E-state index contributed by atoms with van der Waals surface area (Å²) >= 11 is 0. The van der Waals surface area contributed by atoms with Crippen LogP contribution in [0.5, 0.6) is 0 Å². The summed E-state index contributed by atoms with van der Waals surface area (Å²) in [6.07, 6.45) is 6.69. The van der Waals surface area contributed by atoms with Crippen LogP contribution >= 0.6 is 0 Å². The Morgan fingerprint density at radius 2 is 0.839 bits per heavy atom. The zero-order chi connectivity index (χ0) is 22.5. The fourth-order valence-corrected chi connectivity index (χ4v) is 8.04. The minimum absolute atomic E-state index is 0.343. The molecule has 0 aliphatic heterocycles. The molecule has 0 aromatic heterocycles. The molecule has 3 rings (SSSR count). The fraction of sp³-hybridized carbons (Fsp3) is 0.520. The van der Waals surface area contributed by atoms with Crippen LogP contribution in [0.15, 0.2) is 58.3 Å². The van der Waals surface area contributed by atoms with Crippen LogP contribution < -0.4 is 0 Å². The lowest BCUT2D eigenvalue weighted by atomic mass is 10.1. The predicted octanol–water partition coefficient (Wildman–Crippen LogP) is 5.81. The van der Waals surface area contributed by atoms with E-state index in [1.54, 1.807) is 24.3 Å². The van der Waals surface area contributed by atoms with E-state index in [1.165, 1.54) is 0 Å². The molecule has 1 saturated carbocycles. The number of rotatable bonds is 4. The van der Waals surface area contributed by atoms with Crippen LogP contribution in [0.1, 0.15) is 68.9 Å². The third-order valence-electron chi connectivity index (χ3n) is 6.44. The first-order valence-corrected chi connectivity index (χ1v) is 14.4. The minimum atomic E-state index is -3.49. The smallest absolute Gasteiger partial charge is 0.181 e. The van der Waals surface area contributed by atoms with E-state index in [9.17, 15) is 16.8 Å². The first kappa shape index (κ1) is 24.0. The van der Waals surface area contributed by atoms with Crippen LogP contribution in [0.3, 0.4) is 0 Å². The Bertz CT molecular complexity index is 966. The molecule has 4 nitrogen and oxygen atoms in total. The minimum Gasteiger partial charge on any atom is -0.223 e. The third-order valence-corrected chi connectivity index (χ3v) is 11.0. The molecule has 1 fully saturated rings. The quantitative estimate of drug-likeness (QED) is 0.575. The summed E-state index contributed by atoms with van der Waals surface area (Å²) in [6.45, 7) is 3.87. The van der Waals surface area contributed by atoms with E-state index in [-0.39, 0.29) is 0 Å². The van der Waals surface area contributed by atoms with Crippen LogP contribution in [-0.2, 0) is 19.7 Å². The molecule has 2 aromatic rings. The summed E-state index contributed by atoms with van der Waals surface area (Å²) in [4.78, 5) is 0.687. The van der Waals surface area contributed by atoms with Gasteiger partial charge in [-0.2, -0.15) is 0 Å². The summed E-state index contributed by atoms with van der Waals surface area (Å²) in [5, 5.41) is -1.08.